The molecule has 1 aromatic carbocycles. The third kappa shape index (κ3) is 4.77. The van der Waals surface area contributed by atoms with E-state index in [1.807, 2.05) is 12.1 Å². The standard InChI is InChI=1S/C21H27N5O2S/c1-3-25-7-9-26(10-8-25)20-12-15(2)18-13-16(4-5-19(18)24-20)23-21(29)22-14-17-6-11-27-28-17/h4-6,12-13H,3,7-11,14H2,1-2H3,(H2,22,23,29). The van der Waals surface area contributed by atoms with Crippen molar-refractivity contribution < 1.29 is 9.78 Å². The highest BCUT2D eigenvalue weighted by molar-refractivity contribution is 7.80. The molecule has 1 aromatic heterocycles. The maximum absolute atomic E-state index is 5.38. The number of thiocarbonyl (C=S) groups is 1. The van der Waals surface area contributed by atoms with E-state index in [0.717, 1.165) is 60.9 Å². The highest BCUT2D eigenvalue weighted by atomic mass is 32.1. The molecule has 1 saturated heterocycles. The molecule has 2 N–H and O–H groups in total. The van der Waals surface area contributed by atoms with E-state index in [9.17, 15) is 0 Å². The molecule has 0 spiro atoms. The Hall–Kier alpha value is -2.42. The highest BCUT2D eigenvalue weighted by Gasteiger charge is 2.18. The molecule has 8 heteroatoms. The first kappa shape index (κ1) is 19.9. The van der Waals surface area contributed by atoms with Crippen LogP contribution in [0.15, 0.2) is 36.1 Å². The number of hydrogen-bond donors (Lipinski definition) is 2. The SMILES string of the molecule is CCN1CCN(c2cc(C)c3cc(NC(=S)NCC4=CCOO4)ccc3n2)CC1. The van der Waals surface area contributed by atoms with Crippen molar-refractivity contribution in [3.8, 4) is 0 Å². The van der Waals surface area contributed by atoms with E-state index in [-0.39, 0.29) is 0 Å². The molecule has 0 amide bonds. The summed E-state index contributed by atoms with van der Waals surface area (Å²) in [7, 11) is 0. The Morgan fingerprint density at radius 2 is 2.03 bits per heavy atom. The molecule has 1 fully saturated rings. The third-order valence-corrected chi connectivity index (χ3v) is 5.62. The first-order chi connectivity index (χ1) is 14.1. The van der Waals surface area contributed by atoms with Crippen molar-refractivity contribution in [1.82, 2.24) is 15.2 Å². The van der Waals surface area contributed by atoms with Crippen molar-refractivity contribution in [3.05, 3.63) is 41.7 Å². The molecule has 3 heterocycles. The van der Waals surface area contributed by atoms with E-state index in [4.69, 9.17) is 27.0 Å². The molecule has 0 atom stereocenters. The largest absolute Gasteiger partial charge is 0.355 e. The predicted octanol–water partition coefficient (Wildman–Crippen LogP) is 2.82. The third-order valence-electron chi connectivity index (χ3n) is 5.37. The Labute approximate surface area is 176 Å². The lowest BCUT2D eigenvalue weighted by molar-refractivity contribution is -0.234. The summed E-state index contributed by atoms with van der Waals surface area (Å²) in [6.07, 6.45) is 1.88. The van der Waals surface area contributed by atoms with Gasteiger partial charge in [0.2, 0.25) is 0 Å². The number of rotatable bonds is 5. The van der Waals surface area contributed by atoms with Crippen LogP contribution < -0.4 is 15.5 Å². The van der Waals surface area contributed by atoms with Crippen LogP contribution in [0, 0.1) is 6.92 Å². The number of hydrogen-bond acceptors (Lipinski definition) is 6. The average molecular weight is 414 g/mol. The van der Waals surface area contributed by atoms with Crippen LogP contribution in [-0.4, -0.2) is 60.9 Å². The number of likely N-dealkylation sites (N-methyl/N-ethyl adjacent to an activating group) is 1. The summed E-state index contributed by atoms with van der Waals surface area (Å²) in [6.45, 7) is 10.7. The van der Waals surface area contributed by atoms with Crippen LogP contribution in [0.5, 0.6) is 0 Å². The molecule has 2 aliphatic heterocycles. The smallest absolute Gasteiger partial charge is 0.171 e. The Bertz CT molecular complexity index is 925. The molecule has 0 bridgehead atoms. The minimum absolute atomic E-state index is 0.477. The van der Waals surface area contributed by atoms with Gasteiger partial charge in [0.05, 0.1) is 12.1 Å². The molecular weight excluding hydrogens is 386 g/mol. The molecular formula is C21H27N5O2S. The Kier molecular flexibility index (Phi) is 6.13. The van der Waals surface area contributed by atoms with Gasteiger partial charge >= 0.3 is 0 Å². The van der Waals surface area contributed by atoms with Gasteiger partial charge in [0, 0.05) is 37.3 Å². The van der Waals surface area contributed by atoms with Crippen LogP contribution >= 0.6 is 12.2 Å². The normalized spacial score (nSPS) is 17.2. The second-order valence-corrected chi connectivity index (χ2v) is 7.70. The van der Waals surface area contributed by atoms with E-state index in [1.54, 1.807) is 0 Å². The molecule has 0 radical (unpaired) electrons. The number of fused-ring (bicyclic) bond motifs is 1. The number of aromatic nitrogens is 1. The zero-order chi connectivity index (χ0) is 20.2. The zero-order valence-corrected chi connectivity index (χ0v) is 17.7. The molecule has 29 heavy (non-hydrogen) atoms. The van der Waals surface area contributed by atoms with Gasteiger partial charge in [0.15, 0.2) is 10.9 Å². The number of nitrogens with one attached hydrogen (secondary N) is 2. The number of pyridine rings is 1. The van der Waals surface area contributed by atoms with E-state index in [0.29, 0.717) is 18.3 Å². The van der Waals surface area contributed by atoms with Gasteiger partial charge in [-0.05, 0) is 61.6 Å². The quantitative estimate of drug-likeness (QED) is 0.573. The monoisotopic (exact) mass is 413 g/mol. The molecule has 2 aliphatic rings. The van der Waals surface area contributed by atoms with Gasteiger partial charge in [-0.2, -0.15) is 4.89 Å². The maximum atomic E-state index is 5.38. The topological polar surface area (TPSA) is 61.9 Å². The van der Waals surface area contributed by atoms with Crippen molar-refractivity contribution in [2.24, 2.45) is 0 Å². The molecule has 4 rings (SSSR count). The van der Waals surface area contributed by atoms with Gasteiger partial charge < -0.3 is 25.3 Å². The summed E-state index contributed by atoms with van der Waals surface area (Å²) in [5.41, 5.74) is 3.15. The summed E-state index contributed by atoms with van der Waals surface area (Å²) in [5, 5.41) is 8.01. The minimum atomic E-state index is 0.477. The summed E-state index contributed by atoms with van der Waals surface area (Å²) in [5.74, 6) is 1.80. The Morgan fingerprint density at radius 1 is 1.21 bits per heavy atom. The fraction of sp³-hybridized carbons (Fsp3) is 0.429. The fourth-order valence-corrected chi connectivity index (χ4v) is 3.81. The summed E-state index contributed by atoms with van der Waals surface area (Å²) in [6, 6.07) is 8.35. The van der Waals surface area contributed by atoms with Gasteiger partial charge in [0.1, 0.15) is 12.4 Å². The molecule has 154 valence electrons. The molecule has 0 unspecified atom stereocenters. The number of benzene rings is 1. The number of aryl methyl sites for hydroxylation is 1. The Morgan fingerprint density at radius 3 is 2.76 bits per heavy atom. The van der Waals surface area contributed by atoms with Gasteiger partial charge in [-0.3, -0.25) is 0 Å². The van der Waals surface area contributed by atoms with Crippen molar-refractivity contribution in [3.63, 3.8) is 0 Å². The highest BCUT2D eigenvalue weighted by Crippen LogP contribution is 2.26. The van der Waals surface area contributed by atoms with Crippen LogP contribution in [0.2, 0.25) is 0 Å². The lowest BCUT2D eigenvalue weighted by atomic mass is 10.1. The number of nitrogens with zero attached hydrogens (tertiary/aromatic N) is 3. The minimum Gasteiger partial charge on any atom is -0.355 e. The maximum Gasteiger partial charge on any atom is 0.171 e. The van der Waals surface area contributed by atoms with Crippen LogP contribution in [0.1, 0.15) is 12.5 Å². The van der Waals surface area contributed by atoms with E-state index in [1.165, 1.54) is 5.56 Å². The second-order valence-electron chi connectivity index (χ2n) is 7.30. The van der Waals surface area contributed by atoms with E-state index in [2.05, 4.69) is 52.5 Å². The first-order valence-corrected chi connectivity index (χ1v) is 10.5. The van der Waals surface area contributed by atoms with Crippen molar-refractivity contribution in [2.75, 3.05) is 56.1 Å². The van der Waals surface area contributed by atoms with Gasteiger partial charge in [-0.1, -0.05) is 6.92 Å². The summed E-state index contributed by atoms with van der Waals surface area (Å²) in [4.78, 5) is 19.6. The van der Waals surface area contributed by atoms with E-state index < -0.39 is 0 Å². The van der Waals surface area contributed by atoms with E-state index >= 15 is 0 Å². The molecule has 7 nitrogen and oxygen atoms in total. The second kappa shape index (κ2) is 8.94. The molecule has 2 aromatic rings. The lowest BCUT2D eigenvalue weighted by Crippen LogP contribution is -2.46. The lowest BCUT2D eigenvalue weighted by Gasteiger charge is -2.35. The first-order valence-electron chi connectivity index (χ1n) is 10.0. The van der Waals surface area contributed by atoms with Crippen molar-refractivity contribution in [2.45, 2.75) is 13.8 Å². The van der Waals surface area contributed by atoms with Crippen molar-refractivity contribution in [1.29, 1.82) is 0 Å². The van der Waals surface area contributed by atoms with Gasteiger partial charge in [-0.25, -0.2) is 4.98 Å². The fourth-order valence-electron chi connectivity index (χ4n) is 3.62. The van der Waals surface area contributed by atoms with Crippen molar-refractivity contribution >= 4 is 39.7 Å². The average Bonchev–Trinajstić information content (AvgIpc) is 3.26. The number of anilines is 2. The summed E-state index contributed by atoms with van der Waals surface area (Å²) >= 11 is 5.38. The Balaban J connectivity index is 1.43. The predicted molar refractivity (Wildman–Crippen MR) is 120 cm³/mol. The van der Waals surface area contributed by atoms with Gasteiger partial charge in [-0.15, -0.1) is 0 Å². The molecule has 0 aliphatic carbocycles. The molecule has 0 saturated carbocycles. The summed E-state index contributed by atoms with van der Waals surface area (Å²) < 4.78 is 0. The van der Waals surface area contributed by atoms with Gasteiger partial charge in [0.25, 0.3) is 0 Å². The van der Waals surface area contributed by atoms with Crippen LogP contribution in [0.3, 0.4) is 0 Å². The van der Waals surface area contributed by atoms with Crippen LogP contribution in [0.4, 0.5) is 11.5 Å². The van der Waals surface area contributed by atoms with Crippen LogP contribution in [0.25, 0.3) is 10.9 Å². The zero-order valence-electron chi connectivity index (χ0n) is 16.9. The number of piperazine rings is 1. The van der Waals surface area contributed by atoms with Crippen LogP contribution in [-0.2, 0) is 9.78 Å².